The lowest BCUT2D eigenvalue weighted by Crippen LogP contribution is -2.34. The minimum Gasteiger partial charge on any atom is -0.397 e. The number of rotatable bonds is 1. The molecule has 0 unspecified atom stereocenters. The van der Waals surface area contributed by atoms with Gasteiger partial charge in [-0.2, -0.15) is 0 Å². The number of amides is 2. The quantitative estimate of drug-likeness (QED) is 0.844. The van der Waals surface area contributed by atoms with Crippen molar-refractivity contribution in [1.29, 1.82) is 0 Å². The fraction of sp³-hybridized carbons (Fsp3) is 0.286. The minimum atomic E-state index is -0.124. The van der Waals surface area contributed by atoms with Crippen LogP contribution in [0.15, 0.2) is 18.2 Å². The number of anilines is 1. The molecule has 7 heteroatoms. The van der Waals surface area contributed by atoms with Gasteiger partial charge in [-0.05, 0) is 18.2 Å². The molecule has 3 rings (SSSR count). The molecule has 21 heavy (non-hydrogen) atoms. The van der Waals surface area contributed by atoms with E-state index in [-0.39, 0.29) is 11.8 Å². The zero-order chi connectivity index (χ0) is 15.0. The summed E-state index contributed by atoms with van der Waals surface area (Å²) < 4.78 is 0.896. The van der Waals surface area contributed by atoms with E-state index in [1.165, 1.54) is 11.3 Å². The molecule has 2 aromatic rings. The third-order valence-corrected chi connectivity index (χ3v) is 4.88. The highest BCUT2D eigenvalue weighted by molar-refractivity contribution is 7.21. The van der Waals surface area contributed by atoms with Crippen LogP contribution in [0.5, 0.6) is 0 Å². The van der Waals surface area contributed by atoms with Crippen molar-refractivity contribution in [3.05, 3.63) is 28.1 Å². The van der Waals surface area contributed by atoms with Gasteiger partial charge in [0, 0.05) is 41.2 Å². The van der Waals surface area contributed by atoms with Gasteiger partial charge >= 0.3 is 0 Å². The van der Waals surface area contributed by atoms with Crippen LogP contribution in [0, 0.1) is 0 Å². The molecule has 2 heterocycles. The second-order valence-corrected chi connectivity index (χ2v) is 6.37. The van der Waals surface area contributed by atoms with Gasteiger partial charge in [0.15, 0.2) is 0 Å². The molecule has 1 aromatic carbocycles. The lowest BCUT2D eigenvalue weighted by atomic mass is 10.2. The van der Waals surface area contributed by atoms with Gasteiger partial charge in [-0.25, -0.2) is 0 Å². The van der Waals surface area contributed by atoms with E-state index >= 15 is 0 Å². The van der Waals surface area contributed by atoms with Crippen LogP contribution in [0.25, 0.3) is 10.1 Å². The summed E-state index contributed by atoms with van der Waals surface area (Å²) in [6.07, 6.45) is 0.322. The van der Waals surface area contributed by atoms with Crippen molar-refractivity contribution in [2.75, 3.05) is 25.4 Å². The molecule has 1 aliphatic rings. The Kier molecular flexibility index (Phi) is 3.73. The molecule has 1 fully saturated rings. The van der Waals surface area contributed by atoms with Crippen molar-refractivity contribution in [1.82, 2.24) is 10.2 Å². The van der Waals surface area contributed by atoms with Crippen LogP contribution < -0.4 is 11.1 Å². The van der Waals surface area contributed by atoms with E-state index in [9.17, 15) is 9.59 Å². The van der Waals surface area contributed by atoms with Gasteiger partial charge in [-0.1, -0.05) is 11.6 Å². The van der Waals surface area contributed by atoms with E-state index in [2.05, 4.69) is 5.32 Å². The highest BCUT2D eigenvalue weighted by atomic mass is 35.5. The highest BCUT2D eigenvalue weighted by Crippen LogP contribution is 2.35. The predicted octanol–water partition coefficient (Wildman–Crippen LogP) is 2.10. The first-order valence-electron chi connectivity index (χ1n) is 6.60. The number of carbonyl (C=O) groups is 2. The lowest BCUT2D eigenvalue weighted by molar-refractivity contribution is -0.120. The minimum absolute atomic E-state index is 0.0265. The number of carbonyl (C=O) groups excluding carboxylic acids is 2. The number of hydrogen-bond acceptors (Lipinski definition) is 4. The van der Waals surface area contributed by atoms with E-state index in [1.807, 2.05) is 12.1 Å². The van der Waals surface area contributed by atoms with Gasteiger partial charge in [0.1, 0.15) is 4.88 Å². The predicted molar refractivity (Wildman–Crippen MR) is 84.8 cm³/mol. The number of thiophene rings is 1. The molecule has 1 aliphatic heterocycles. The maximum atomic E-state index is 12.6. The topological polar surface area (TPSA) is 75.4 Å². The van der Waals surface area contributed by atoms with E-state index in [0.717, 1.165) is 10.1 Å². The first kappa shape index (κ1) is 14.2. The van der Waals surface area contributed by atoms with Gasteiger partial charge in [0.2, 0.25) is 5.91 Å². The first-order chi connectivity index (χ1) is 10.1. The molecule has 0 spiro atoms. The molecular formula is C14H14ClN3O2S. The van der Waals surface area contributed by atoms with Crippen molar-refractivity contribution >= 4 is 50.5 Å². The van der Waals surface area contributed by atoms with E-state index < -0.39 is 0 Å². The summed E-state index contributed by atoms with van der Waals surface area (Å²) in [5.74, 6) is -0.150. The molecule has 2 amide bonds. The Bertz CT molecular complexity index is 728. The van der Waals surface area contributed by atoms with Crippen LogP contribution in [-0.2, 0) is 4.79 Å². The molecule has 110 valence electrons. The maximum absolute atomic E-state index is 12.6. The summed E-state index contributed by atoms with van der Waals surface area (Å²) in [6.45, 7) is 1.39. The smallest absolute Gasteiger partial charge is 0.266 e. The molecule has 0 saturated carbocycles. The van der Waals surface area contributed by atoms with Crippen molar-refractivity contribution in [2.24, 2.45) is 0 Å². The first-order valence-corrected chi connectivity index (χ1v) is 7.79. The van der Waals surface area contributed by atoms with Crippen molar-refractivity contribution in [3.8, 4) is 0 Å². The molecule has 3 N–H and O–H groups in total. The van der Waals surface area contributed by atoms with Crippen molar-refractivity contribution in [2.45, 2.75) is 6.42 Å². The summed E-state index contributed by atoms with van der Waals surface area (Å²) in [6, 6.07) is 5.39. The fourth-order valence-corrected chi connectivity index (χ4v) is 3.73. The Hall–Kier alpha value is -1.79. The SMILES string of the molecule is Nc1c(C(=O)N2CCNC(=O)CC2)sc2cc(Cl)ccc12. The second kappa shape index (κ2) is 5.54. The number of nitrogens with zero attached hydrogens (tertiary/aromatic N) is 1. The Morgan fingerprint density at radius 3 is 3.00 bits per heavy atom. The zero-order valence-corrected chi connectivity index (χ0v) is 12.8. The Morgan fingerprint density at radius 2 is 2.19 bits per heavy atom. The molecule has 5 nitrogen and oxygen atoms in total. The summed E-state index contributed by atoms with van der Waals surface area (Å²) in [4.78, 5) is 26.1. The lowest BCUT2D eigenvalue weighted by Gasteiger charge is -2.18. The summed E-state index contributed by atoms with van der Waals surface area (Å²) in [7, 11) is 0. The zero-order valence-electron chi connectivity index (χ0n) is 11.2. The van der Waals surface area contributed by atoms with Crippen LogP contribution in [-0.4, -0.2) is 36.3 Å². The second-order valence-electron chi connectivity index (χ2n) is 4.88. The highest BCUT2D eigenvalue weighted by Gasteiger charge is 2.24. The monoisotopic (exact) mass is 323 g/mol. The van der Waals surface area contributed by atoms with Crippen molar-refractivity contribution in [3.63, 3.8) is 0 Å². The largest absolute Gasteiger partial charge is 0.397 e. The molecule has 0 atom stereocenters. The number of nitrogen functional groups attached to an aromatic ring is 1. The average Bonchev–Trinajstić information content (AvgIpc) is 2.63. The van der Waals surface area contributed by atoms with Crippen LogP contribution in [0.3, 0.4) is 0 Å². The third kappa shape index (κ3) is 2.69. The number of benzene rings is 1. The van der Waals surface area contributed by atoms with Crippen LogP contribution >= 0.6 is 22.9 Å². The van der Waals surface area contributed by atoms with Gasteiger partial charge in [-0.15, -0.1) is 11.3 Å². The molecule has 1 saturated heterocycles. The Labute approximate surface area is 130 Å². The molecule has 0 radical (unpaired) electrons. The Morgan fingerprint density at radius 1 is 1.38 bits per heavy atom. The van der Waals surface area contributed by atoms with Crippen LogP contribution in [0.4, 0.5) is 5.69 Å². The van der Waals surface area contributed by atoms with E-state index in [4.69, 9.17) is 17.3 Å². The molecule has 1 aromatic heterocycles. The number of halogens is 1. The molecule has 0 bridgehead atoms. The van der Waals surface area contributed by atoms with Gasteiger partial charge in [0.05, 0.1) is 5.69 Å². The number of fused-ring (bicyclic) bond motifs is 1. The van der Waals surface area contributed by atoms with Gasteiger partial charge in [-0.3, -0.25) is 9.59 Å². The Balaban J connectivity index is 1.94. The summed E-state index contributed by atoms with van der Waals surface area (Å²) in [5, 5.41) is 4.21. The van der Waals surface area contributed by atoms with Crippen molar-refractivity contribution < 1.29 is 9.59 Å². The summed E-state index contributed by atoms with van der Waals surface area (Å²) in [5.41, 5.74) is 6.59. The van der Waals surface area contributed by atoms with Crippen LogP contribution in [0.1, 0.15) is 16.1 Å². The number of hydrogen-bond donors (Lipinski definition) is 2. The molecular weight excluding hydrogens is 310 g/mol. The average molecular weight is 324 g/mol. The van der Waals surface area contributed by atoms with Gasteiger partial charge in [0.25, 0.3) is 5.91 Å². The normalized spacial score (nSPS) is 15.9. The maximum Gasteiger partial charge on any atom is 0.266 e. The number of nitrogens with two attached hydrogens (primary N) is 1. The fourth-order valence-electron chi connectivity index (χ4n) is 2.36. The third-order valence-electron chi connectivity index (χ3n) is 3.48. The molecule has 0 aliphatic carbocycles. The van der Waals surface area contributed by atoms with Gasteiger partial charge < -0.3 is 16.0 Å². The summed E-state index contributed by atoms with van der Waals surface area (Å²) >= 11 is 7.31. The van der Waals surface area contributed by atoms with E-state index in [0.29, 0.717) is 41.6 Å². The number of nitrogens with one attached hydrogen (secondary N) is 1. The standard InChI is InChI=1S/C14H14ClN3O2S/c15-8-1-2-9-10(7-8)21-13(12(9)16)14(20)18-5-3-11(19)17-4-6-18/h1-2,7H,3-6,16H2,(H,17,19). The van der Waals surface area contributed by atoms with E-state index in [1.54, 1.807) is 11.0 Å². The van der Waals surface area contributed by atoms with Crippen LogP contribution in [0.2, 0.25) is 5.02 Å².